The van der Waals surface area contributed by atoms with Crippen molar-refractivity contribution >= 4 is 40.4 Å². The molecule has 160 valence electrons. The highest BCUT2D eigenvalue weighted by atomic mass is 35.5. The maximum atomic E-state index is 13.2. The first kappa shape index (κ1) is 21.3. The molecule has 1 aromatic carbocycles. The molecular formula is C22H26ClN3O3S. The van der Waals surface area contributed by atoms with E-state index >= 15 is 0 Å². The zero-order chi connectivity index (χ0) is 21.3. The Balaban J connectivity index is 1.52. The molecule has 2 atom stereocenters. The Morgan fingerprint density at radius 3 is 2.83 bits per heavy atom. The molecule has 0 unspecified atom stereocenters. The van der Waals surface area contributed by atoms with Gasteiger partial charge in [-0.25, -0.2) is 0 Å². The zero-order valence-electron chi connectivity index (χ0n) is 17.2. The smallest absolute Gasteiger partial charge is 0.262 e. The molecule has 1 saturated heterocycles. The van der Waals surface area contributed by atoms with Gasteiger partial charge in [0.1, 0.15) is 5.54 Å². The maximum absolute atomic E-state index is 13.2. The average Bonchev–Trinajstić information content (AvgIpc) is 3.33. The van der Waals surface area contributed by atoms with Gasteiger partial charge in [-0.2, -0.15) is 0 Å². The van der Waals surface area contributed by atoms with Crippen LogP contribution in [0.5, 0.6) is 0 Å². The molecule has 0 spiro atoms. The van der Waals surface area contributed by atoms with Crippen molar-refractivity contribution in [1.29, 1.82) is 0 Å². The largest absolute Gasteiger partial charge is 0.378 e. The van der Waals surface area contributed by atoms with Crippen LogP contribution in [0.1, 0.15) is 40.1 Å². The summed E-state index contributed by atoms with van der Waals surface area (Å²) in [6, 6.07) is 9.45. The number of anilines is 1. The van der Waals surface area contributed by atoms with E-state index in [-0.39, 0.29) is 18.4 Å². The summed E-state index contributed by atoms with van der Waals surface area (Å²) in [5.41, 5.74) is 2.25. The highest BCUT2D eigenvalue weighted by Gasteiger charge is 2.44. The lowest BCUT2D eigenvalue weighted by atomic mass is 9.94. The van der Waals surface area contributed by atoms with Crippen molar-refractivity contribution in [3.8, 4) is 0 Å². The van der Waals surface area contributed by atoms with E-state index in [0.29, 0.717) is 28.2 Å². The molecule has 0 saturated carbocycles. The van der Waals surface area contributed by atoms with E-state index < -0.39 is 5.54 Å². The standard InChI is InChI=1S/C22H26ClN3O3S/c1-14-12-26(2)9-7-15-3-4-16(11-17(14)15)24-21(28)22(8-10-29-13-22)25-20(27)18-5-6-19(23)30-18/h3-6,11,14H,7-10,12-13H2,1-2H3,(H,24,28)(H,25,27)/t14-,22+/m1/s1. The van der Waals surface area contributed by atoms with Crippen LogP contribution >= 0.6 is 22.9 Å². The monoisotopic (exact) mass is 447 g/mol. The van der Waals surface area contributed by atoms with Gasteiger partial charge in [0.2, 0.25) is 0 Å². The van der Waals surface area contributed by atoms with Crippen molar-refractivity contribution in [3.05, 3.63) is 50.7 Å². The van der Waals surface area contributed by atoms with Crippen molar-refractivity contribution < 1.29 is 14.3 Å². The number of likely N-dealkylation sites (N-methyl/N-ethyl adjacent to an activating group) is 1. The van der Waals surface area contributed by atoms with Crippen LogP contribution in [0, 0.1) is 0 Å². The highest BCUT2D eigenvalue weighted by Crippen LogP contribution is 2.29. The van der Waals surface area contributed by atoms with E-state index in [1.54, 1.807) is 12.1 Å². The lowest BCUT2D eigenvalue weighted by molar-refractivity contribution is -0.122. The van der Waals surface area contributed by atoms with Crippen LogP contribution in [0.4, 0.5) is 5.69 Å². The second kappa shape index (κ2) is 8.67. The van der Waals surface area contributed by atoms with Crippen LogP contribution in [0.3, 0.4) is 0 Å². The van der Waals surface area contributed by atoms with Gasteiger partial charge in [0.25, 0.3) is 11.8 Å². The predicted molar refractivity (Wildman–Crippen MR) is 120 cm³/mol. The zero-order valence-corrected chi connectivity index (χ0v) is 18.7. The molecule has 2 aliphatic rings. The first-order valence-corrected chi connectivity index (χ1v) is 11.3. The third kappa shape index (κ3) is 4.39. The molecule has 2 aliphatic heterocycles. The third-order valence-corrected chi connectivity index (χ3v) is 7.12. The minimum Gasteiger partial charge on any atom is -0.378 e. The van der Waals surface area contributed by atoms with Crippen molar-refractivity contribution in [3.63, 3.8) is 0 Å². The summed E-state index contributed by atoms with van der Waals surface area (Å²) in [6.45, 7) is 4.80. The Bertz CT molecular complexity index is 955. The Labute approximate surface area is 185 Å². The fourth-order valence-electron chi connectivity index (χ4n) is 4.19. The van der Waals surface area contributed by atoms with Crippen molar-refractivity contribution in [1.82, 2.24) is 10.2 Å². The van der Waals surface area contributed by atoms with E-state index in [0.717, 1.165) is 25.2 Å². The number of rotatable bonds is 4. The number of nitrogens with one attached hydrogen (secondary N) is 2. The van der Waals surface area contributed by atoms with Gasteiger partial charge in [0, 0.05) is 31.8 Å². The van der Waals surface area contributed by atoms with Gasteiger partial charge in [-0.1, -0.05) is 24.6 Å². The van der Waals surface area contributed by atoms with Crippen molar-refractivity contribution in [2.24, 2.45) is 0 Å². The van der Waals surface area contributed by atoms with E-state index in [4.69, 9.17) is 16.3 Å². The molecule has 2 aromatic rings. The van der Waals surface area contributed by atoms with Gasteiger partial charge in [0.15, 0.2) is 0 Å². The summed E-state index contributed by atoms with van der Waals surface area (Å²) in [6.07, 6.45) is 1.43. The topological polar surface area (TPSA) is 70.7 Å². The molecule has 6 nitrogen and oxygen atoms in total. The molecule has 2 N–H and O–H groups in total. The quantitative estimate of drug-likeness (QED) is 0.752. The number of amides is 2. The Kier molecular flexibility index (Phi) is 6.16. The van der Waals surface area contributed by atoms with Crippen LogP contribution < -0.4 is 10.6 Å². The van der Waals surface area contributed by atoms with Gasteiger partial charge < -0.3 is 20.3 Å². The number of hydrogen-bond donors (Lipinski definition) is 2. The SMILES string of the molecule is C[C@@H]1CN(C)CCc2ccc(NC(=O)[C@]3(NC(=O)c4ccc(Cl)s4)CCOC3)cc21. The summed E-state index contributed by atoms with van der Waals surface area (Å²) in [5.74, 6) is -0.183. The van der Waals surface area contributed by atoms with Crippen LogP contribution in [-0.2, 0) is 16.0 Å². The second-order valence-corrected chi connectivity index (χ2v) is 9.94. The number of nitrogens with zero attached hydrogens (tertiary/aromatic N) is 1. The van der Waals surface area contributed by atoms with Crippen molar-refractivity contribution in [2.75, 3.05) is 38.7 Å². The van der Waals surface area contributed by atoms with E-state index in [2.05, 4.69) is 41.6 Å². The molecular weight excluding hydrogens is 422 g/mol. The van der Waals surface area contributed by atoms with E-state index in [1.165, 1.54) is 22.5 Å². The maximum Gasteiger partial charge on any atom is 0.262 e. The number of benzene rings is 1. The summed E-state index contributed by atoms with van der Waals surface area (Å²) in [5, 5.41) is 5.92. The minimum atomic E-state index is -1.09. The summed E-state index contributed by atoms with van der Waals surface area (Å²) in [4.78, 5) is 28.7. The van der Waals surface area contributed by atoms with Gasteiger partial charge in [-0.15, -0.1) is 11.3 Å². The molecule has 1 fully saturated rings. The first-order valence-electron chi connectivity index (χ1n) is 10.1. The molecule has 0 bridgehead atoms. The number of hydrogen-bond acceptors (Lipinski definition) is 5. The average molecular weight is 448 g/mol. The minimum absolute atomic E-state index is 0.149. The Morgan fingerprint density at radius 1 is 1.30 bits per heavy atom. The van der Waals surface area contributed by atoms with Gasteiger partial charge in [-0.05, 0) is 54.8 Å². The number of ether oxygens (including phenoxy) is 1. The van der Waals surface area contributed by atoms with Gasteiger partial charge in [-0.3, -0.25) is 9.59 Å². The first-order chi connectivity index (χ1) is 14.4. The fraction of sp³-hybridized carbons (Fsp3) is 0.455. The van der Waals surface area contributed by atoms with E-state index in [9.17, 15) is 9.59 Å². The molecule has 4 rings (SSSR count). The predicted octanol–water partition coefficient (Wildman–Crippen LogP) is 3.52. The number of fused-ring (bicyclic) bond motifs is 1. The van der Waals surface area contributed by atoms with Crippen LogP contribution in [0.2, 0.25) is 4.34 Å². The summed E-state index contributed by atoms with van der Waals surface area (Å²) >= 11 is 7.14. The lowest BCUT2D eigenvalue weighted by Crippen LogP contribution is -2.57. The molecule has 8 heteroatoms. The number of halogens is 1. The summed E-state index contributed by atoms with van der Waals surface area (Å²) in [7, 11) is 2.14. The molecule has 30 heavy (non-hydrogen) atoms. The second-order valence-electron chi connectivity index (χ2n) is 8.22. The molecule has 3 heterocycles. The molecule has 2 amide bonds. The Morgan fingerprint density at radius 2 is 2.13 bits per heavy atom. The Hall–Kier alpha value is -1.93. The third-order valence-electron chi connectivity index (χ3n) is 5.89. The van der Waals surface area contributed by atoms with Crippen LogP contribution in [0.25, 0.3) is 0 Å². The highest BCUT2D eigenvalue weighted by molar-refractivity contribution is 7.18. The molecule has 1 aromatic heterocycles. The van der Waals surface area contributed by atoms with E-state index in [1.807, 2.05) is 6.07 Å². The fourth-order valence-corrected chi connectivity index (χ4v) is 5.13. The van der Waals surface area contributed by atoms with Crippen molar-refractivity contribution in [2.45, 2.75) is 31.2 Å². The van der Waals surface area contributed by atoms with Gasteiger partial charge in [0.05, 0.1) is 15.8 Å². The van der Waals surface area contributed by atoms with Crippen LogP contribution in [0.15, 0.2) is 30.3 Å². The number of thiophene rings is 1. The molecule has 0 aliphatic carbocycles. The van der Waals surface area contributed by atoms with Gasteiger partial charge >= 0.3 is 0 Å². The van der Waals surface area contributed by atoms with Crippen LogP contribution in [-0.4, -0.2) is 55.6 Å². The lowest BCUT2D eigenvalue weighted by Gasteiger charge is -2.27. The molecule has 0 radical (unpaired) electrons. The number of carbonyl (C=O) groups excluding carboxylic acids is 2. The number of carbonyl (C=O) groups is 2. The summed E-state index contributed by atoms with van der Waals surface area (Å²) < 4.78 is 6.03. The normalized spacial score (nSPS) is 24.2.